The number of nitrogens with two attached hydrogens (primary N) is 4. The maximum absolute atomic E-state index is 6.21. The molecule has 8 N–H and O–H groups in total. The summed E-state index contributed by atoms with van der Waals surface area (Å²) in [6, 6.07) is 19.2. The van der Waals surface area contributed by atoms with Crippen LogP contribution in [0.5, 0.6) is 0 Å². The van der Waals surface area contributed by atoms with Gasteiger partial charge in [-0.25, -0.2) is 27.4 Å². The van der Waals surface area contributed by atoms with Crippen LogP contribution in [0.15, 0.2) is 125 Å². The molecular formula is C37H43N14+3. The number of hydrogen-bond donors (Lipinski definition) is 4. The largest absolute Gasteiger partial charge is 0.421 e. The number of benzene rings is 4. The van der Waals surface area contributed by atoms with Crippen LogP contribution in [0.3, 0.4) is 0 Å². The van der Waals surface area contributed by atoms with Crippen LogP contribution in [0.2, 0.25) is 0 Å². The molecule has 14 nitrogen and oxygen atoms in total. The zero-order chi connectivity index (χ0) is 35.5. The molecule has 0 aliphatic heterocycles. The first-order valence-corrected chi connectivity index (χ1v) is 16.9. The molecule has 51 heavy (non-hydrogen) atoms. The van der Waals surface area contributed by atoms with E-state index in [1.165, 1.54) is 0 Å². The molecular weight excluding hydrogens is 641 g/mol. The summed E-state index contributed by atoms with van der Waals surface area (Å²) in [7, 11) is 3.93. The summed E-state index contributed by atoms with van der Waals surface area (Å²) in [5.41, 5.74) is 28.2. The molecule has 0 unspecified atom stereocenters. The normalized spacial score (nSPS) is 12.0. The van der Waals surface area contributed by atoms with E-state index in [1.807, 2.05) is 96.5 Å². The number of fused-ring (bicyclic) bond motifs is 2. The number of aryl methyl sites for hydroxylation is 6. The standard InChI is InChI=1S/C37H41N14/c1-46-17-21-50(36(46)44-42-32-23-30(38)34(40)28-11-5-3-9-26(28)32)15-7-13-48-19-20-49(25-48)14-8-16-51-22-18-47(2)37(51)45-43-33-24-31(39)35(41)29-12-6-4-10-27(29)33/h3-6,9-12,17-25,40-41H,7-8,13-16H2,1-2H3,(H4,38,39,42,43)/q+1/p+2. The summed E-state index contributed by atoms with van der Waals surface area (Å²) < 4.78 is 12.6. The number of nitrogens with zero attached hydrogens (tertiary/aromatic N) is 10. The van der Waals surface area contributed by atoms with Gasteiger partial charge in [-0.05, 0) is 12.1 Å². The van der Waals surface area contributed by atoms with Crippen LogP contribution in [0, 0.1) is 0 Å². The Bertz CT molecular complexity index is 2250. The van der Waals surface area contributed by atoms with Crippen LogP contribution in [0.25, 0.3) is 21.5 Å². The van der Waals surface area contributed by atoms with Crippen molar-refractivity contribution in [3.63, 3.8) is 0 Å². The van der Waals surface area contributed by atoms with Crippen LogP contribution in [0.4, 0.5) is 46.0 Å². The Hall–Kier alpha value is -6.57. The van der Waals surface area contributed by atoms with Gasteiger partial charge in [-0.2, -0.15) is 0 Å². The zero-order valence-electron chi connectivity index (χ0n) is 28.8. The summed E-state index contributed by atoms with van der Waals surface area (Å²) >= 11 is 0. The van der Waals surface area contributed by atoms with Crippen molar-refractivity contribution in [2.75, 3.05) is 22.9 Å². The van der Waals surface area contributed by atoms with E-state index in [9.17, 15) is 0 Å². The summed E-state index contributed by atoms with van der Waals surface area (Å²) in [6.45, 7) is 3.32. The molecule has 0 saturated carbocycles. The molecule has 7 rings (SSSR count). The van der Waals surface area contributed by atoms with E-state index < -0.39 is 0 Å². The minimum absolute atomic E-state index is 0.493. The number of anilines is 4. The lowest BCUT2D eigenvalue weighted by molar-refractivity contribution is -0.697. The van der Waals surface area contributed by atoms with Crippen molar-refractivity contribution < 1.29 is 13.7 Å². The van der Waals surface area contributed by atoms with Gasteiger partial charge in [0, 0.05) is 44.6 Å². The average molecular weight is 684 g/mol. The van der Waals surface area contributed by atoms with Gasteiger partial charge in [0.25, 0.3) is 0 Å². The molecule has 0 atom stereocenters. The molecule has 4 aromatic carbocycles. The van der Waals surface area contributed by atoms with Crippen LogP contribution in [0.1, 0.15) is 12.8 Å². The van der Waals surface area contributed by atoms with Gasteiger partial charge >= 0.3 is 11.9 Å². The third kappa shape index (κ3) is 6.84. The van der Waals surface area contributed by atoms with E-state index in [4.69, 9.17) is 22.9 Å². The third-order valence-electron chi connectivity index (χ3n) is 9.15. The van der Waals surface area contributed by atoms with E-state index in [1.54, 1.807) is 12.1 Å². The molecule has 258 valence electrons. The summed E-state index contributed by atoms with van der Waals surface area (Å²) in [5, 5.41) is 22.0. The highest BCUT2D eigenvalue weighted by Crippen LogP contribution is 2.36. The summed E-state index contributed by atoms with van der Waals surface area (Å²) in [5.74, 6) is 1.50. The third-order valence-corrected chi connectivity index (χ3v) is 9.15. The van der Waals surface area contributed by atoms with E-state index in [2.05, 4.69) is 57.4 Å². The first kappa shape index (κ1) is 33.0. The number of nitrogen functional groups attached to an aromatic ring is 4. The van der Waals surface area contributed by atoms with Crippen molar-refractivity contribution >= 4 is 67.6 Å². The molecule has 7 aromatic rings. The first-order chi connectivity index (χ1) is 24.8. The Balaban J connectivity index is 0.945. The van der Waals surface area contributed by atoms with Gasteiger partial charge in [-0.3, -0.25) is 0 Å². The van der Waals surface area contributed by atoms with Gasteiger partial charge in [0.2, 0.25) is 6.33 Å². The SMILES string of the molecule is C[n+]1ccn(CCCn2cc[n+](CCCn3cc[n+](C)c3N=Nc3cc(N)c(N)c4ccccc34)c2)c1N=Nc1cc(N)c(N)c2ccccc12. The average Bonchev–Trinajstić information content (AvgIpc) is 3.85. The fourth-order valence-corrected chi connectivity index (χ4v) is 6.35. The lowest BCUT2D eigenvalue weighted by Gasteiger charge is -2.07. The highest BCUT2D eigenvalue weighted by Gasteiger charge is 2.18. The van der Waals surface area contributed by atoms with Gasteiger partial charge in [0.1, 0.15) is 23.8 Å². The Morgan fingerprint density at radius 2 is 1.06 bits per heavy atom. The van der Waals surface area contributed by atoms with Gasteiger partial charge < -0.3 is 22.9 Å². The highest BCUT2D eigenvalue weighted by atomic mass is 15.3. The minimum atomic E-state index is 0.493. The topological polar surface area (TPSA) is 180 Å². The molecule has 0 saturated heterocycles. The molecule has 0 amide bonds. The fourth-order valence-electron chi connectivity index (χ4n) is 6.35. The summed E-state index contributed by atoms with van der Waals surface area (Å²) in [4.78, 5) is 0. The number of aromatic nitrogens is 6. The fraction of sp³-hybridized carbons (Fsp3) is 0.216. The number of imidazole rings is 3. The maximum Gasteiger partial charge on any atom is 0.421 e. The second-order valence-electron chi connectivity index (χ2n) is 12.7. The second kappa shape index (κ2) is 14.1. The summed E-state index contributed by atoms with van der Waals surface area (Å²) in [6.07, 6.45) is 16.3. The molecule has 0 radical (unpaired) electrons. The molecule has 0 aliphatic rings. The molecule has 0 fully saturated rings. The Kier molecular flexibility index (Phi) is 9.12. The molecule has 3 aromatic heterocycles. The van der Waals surface area contributed by atoms with Crippen LogP contribution < -0.4 is 36.6 Å². The van der Waals surface area contributed by atoms with E-state index in [0.717, 1.165) is 72.5 Å². The van der Waals surface area contributed by atoms with Gasteiger partial charge in [0.15, 0.2) is 0 Å². The van der Waals surface area contributed by atoms with Gasteiger partial charge in [0.05, 0.1) is 87.8 Å². The smallest absolute Gasteiger partial charge is 0.397 e. The second-order valence-corrected chi connectivity index (χ2v) is 12.7. The first-order valence-electron chi connectivity index (χ1n) is 16.9. The number of azo groups is 2. The highest BCUT2D eigenvalue weighted by molar-refractivity contribution is 6.05. The molecule has 0 aliphatic carbocycles. The van der Waals surface area contributed by atoms with Crippen molar-refractivity contribution in [3.05, 3.63) is 104 Å². The predicted molar refractivity (Wildman–Crippen MR) is 199 cm³/mol. The molecule has 14 heteroatoms. The lowest BCUT2D eigenvalue weighted by atomic mass is 10.1. The van der Waals surface area contributed by atoms with Crippen LogP contribution in [-0.2, 0) is 40.3 Å². The quantitative estimate of drug-likeness (QED) is 0.0736. The number of rotatable bonds is 12. The Morgan fingerprint density at radius 3 is 1.59 bits per heavy atom. The maximum atomic E-state index is 6.21. The Morgan fingerprint density at radius 1 is 0.569 bits per heavy atom. The van der Waals surface area contributed by atoms with Crippen LogP contribution >= 0.6 is 0 Å². The molecule has 3 heterocycles. The van der Waals surface area contributed by atoms with Crippen LogP contribution in [-0.4, -0.2) is 13.7 Å². The number of hydrogen-bond acceptors (Lipinski definition) is 8. The molecule has 0 spiro atoms. The van der Waals surface area contributed by atoms with Crippen molar-refractivity contribution in [2.45, 2.75) is 39.0 Å². The zero-order valence-corrected chi connectivity index (χ0v) is 28.8. The van der Waals surface area contributed by atoms with Gasteiger partial charge in [-0.1, -0.05) is 58.8 Å². The van der Waals surface area contributed by atoms with Crippen molar-refractivity contribution in [1.29, 1.82) is 0 Å². The van der Waals surface area contributed by atoms with Crippen molar-refractivity contribution in [2.24, 2.45) is 34.6 Å². The van der Waals surface area contributed by atoms with Crippen molar-refractivity contribution in [1.82, 2.24) is 13.7 Å². The van der Waals surface area contributed by atoms with Crippen molar-refractivity contribution in [3.8, 4) is 0 Å². The predicted octanol–water partition coefficient (Wildman–Crippen LogP) is 5.67. The Labute approximate surface area is 295 Å². The monoisotopic (exact) mass is 683 g/mol. The van der Waals surface area contributed by atoms with E-state index in [0.29, 0.717) is 34.1 Å². The molecule has 0 bridgehead atoms. The minimum Gasteiger partial charge on any atom is -0.397 e. The van der Waals surface area contributed by atoms with E-state index in [-0.39, 0.29) is 0 Å². The van der Waals surface area contributed by atoms with Gasteiger partial charge in [-0.15, -0.1) is 0 Å². The lowest BCUT2D eigenvalue weighted by Crippen LogP contribution is -2.32. The van der Waals surface area contributed by atoms with E-state index >= 15 is 0 Å².